The number of nitriles is 1. The average molecular weight is 313 g/mol. The van der Waals surface area contributed by atoms with Gasteiger partial charge in [-0.2, -0.15) is 5.26 Å². The fraction of sp³-hybridized carbons (Fsp3) is 0.294. The number of carbonyl (C=O) groups excluding carboxylic acids is 1. The zero-order valence-electron chi connectivity index (χ0n) is 13.2. The first-order valence-corrected chi connectivity index (χ1v) is 7.22. The molecule has 0 unspecified atom stereocenters. The van der Waals surface area contributed by atoms with Gasteiger partial charge in [-0.25, -0.2) is 4.79 Å². The molecule has 1 aromatic heterocycles. The Balaban J connectivity index is 2.04. The molecule has 0 aliphatic rings. The molecule has 0 saturated heterocycles. The summed E-state index contributed by atoms with van der Waals surface area (Å²) in [6.07, 6.45) is 0. The maximum absolute atomic E-state index is 12.4. The molecule has 1 N–H and O–H groups in total. The smallest absolute Gasteiger partial charge is 0.322 e. The van der Waals surface area contributed by atoms with Gasteiger partial charge in [-0.3, -0.25) is 0 Å². The minimum absolute atomic E-state index is 0.249. The zero-order valence-corrected chi connectivity index (χ0v) is 13.2. The molecular formula is C17H19N3O3. The van der Waals surface area contributed by atoms with E-state index in [2.05, 4.69) is 5.32 Å². The van der Waals surface area contributed by atoms with E-state index in [4.69, 9.17) is 14.4 Å². The van der Waals surface area contributed by atoms with E-state index in [1.807, 2.05) is 25.1 Å². The summed E-state index contributed by atoms with van der Waals surface area (Å²) in [4.78, 5) is 14.0. The molecule has 120 valence electrons. The van der Waals surface area contributed by atoms with E-state index >= 15 is 0 Å². The lowest BCUT2D eigenvalue weighted by Gasteiger charge is -2.21. The standard InChI is InChI=1S/C17H19N3O3/c1-13-3-8-16(23-13)12-20(9-10-22-2)17(21)19-15-6-4-14(11-18)5-7-15/h3-8H,9-10,12H2,1-2H3,(H,19,21). The van der Waals surface area contributed by atoms with Crippen LogP contribution in [0.5, 0.6) is 0 Å². The highest BCUT2D eigenvalue weighted by molar-refractivity contribution is 5.89. The second-order valence-electron chi connectivity index (χ2n) is 5.05. The normalized spacial score (nSPS) is 10.1. The monoisotopic (exact) mass is 313 g/mol. The number of nitrogens with zero attached hydrogens (tertiary/aromatic N) is 2. The molecule has 0 fully saturated rings. The van der Waals surface area contributed by atoms with Crippen molar-refractivity contribution in [1.29, 1.82) is 5.26 Å². The van der Waals surface area contributed by atoms with Crippen LogP contribution >= 0.6 is 0 Å². The highest BCUT2D eigenvalue weighted by Gasteiger charge is 2.15. The zero-order chi connectivity index (χ0) is 16.7. The lowest BCUT2D eigenvalue weighted by Crippen LogP contribution is -2.36. The number of nitrogens with one attached hydrogen (secondary N) is 1. The first kappa shape index (κ1) is 16.6. The fourth-order valence-corrected chi connectivity index (χ4v) is 2.04. The first-order valence-electron chi connectivity index (χ1n) is 7.22. The highest BCUT2D eigenvalue weighted by Crippen LogP contribution is 2.13. The summed E-state index contributed by atoms with van der Waals surface area (Å²) in [7, 11) is 1.59. The molecule has 6 heteroatoms. The number of hydrogen-bond acceptors (Lipinski definition) is 4. The summed E-state index contributed by atoms with van der Waals surface area (Å²) in [5.74, 6) is 1.52. The molecular weight excluding hydrogens is 294 g/mol. The Kier molecular flexibility index (Phi) is 5.78. The Morgan fingerprint density at radius 3 is 2.61 bits per heavy atom. The summed E-state index contributed by atoms with van der Waals surface area (Å²) in [5.41, 5.74) is 1.18. The molecule has 2 aromatic rings. The van der Waals surface area contributed by atoms with E-state index < -0.39 is 0 Å². The van der Waals surface area contributed by atoms with Gasteiger partial charge in [-0.05, 0) is 43.3 Å². The van der Waals surface area contributed by atoms with Gasteiger partial charge in [0.2, 0.25) is 0 Å². The van der Waals surface area contributed by atoms with Crippen LogP contribution in [0.4, 0.5) is 10.5 Å². The number of furan rings is 1. The Morgan fingerprint density at radius 1 is 1.30 bits per heavy atom. The number of carbonyl (C=O) groups is 1. The highest BCUT2D eigenvalue weighted by atomic mass is 16.5. The van der Waals surface area contributed by atoms with Crippen LogP contribution in [0.2, 0.25) is 0 Å². The summed E-state index contributed by atoms with van der Waals surface area (Å²) >= 11 is 0. The fourth-order valence-electron chi connectivity index (χ4n) is 2.04. The second kappa shape index (κ2) is 8.01. The van der Waals surface area contributed by atoms with Crippen LogP contribution in [0.25, 0.3) is 0 Å². The minimum atomic E-state index is -0.249. The van der Waals surface area contributed by atoms with Crippen LogP contribution < -0.4 is 5.32 Å². The molecule has 0 radical (unpaired) electrons. The third kappa shape index (κ3) is 4.87. The number of amides is 2. The third-order valence-corrected chi connectivity index (χ3v) is 3.26. The van der Waals surface area contributed by atoms with Crippen LogP contribution in [-0.4, -0.2) is 31.2 Å². The van der Waals surface area contributed by atoms with Crippen molar-refractivity contribution in [1.82, 2.24) is 4.90 Å². The van der Waals surface area contributed by atoms with Crippen molar-refractivity contribution in [3.8, 4) is 6.07 Å². The molecule has 1 aromatic carbocycles. The number of rotatable bonds is 6. The predicted octanol–water partition coefficient (Wildman–Crippen LogP) is 3.14. The number of urea groups is 1. The van der Waals surface area contributed by atoms with E-state index in [0.717, 1.165) is 5.76 Å². The molecule has 0 aliphatic heterocycles. The summed E-state index contributed by atoms with van der Waals surface area (Å²) in [6, 6.07) is 12.2. The maximum atomic E-state index is 12.4. The van der Waals surface area contributed by atoms with Gasteiger partial charge in [-0.1, -0.05) is 0 Å². The summed E-state index contributed by atoms with van der Waals surface area (Å²) in [5, 5.41) is 11.6. The Hall–Kier alpha value is -2.78. The molecule has 2 amide bonds. The van der Waals surface area contributed by atoms with E-state index in [-0.39, 0.29) is 6.03 Å². The minimum Gasteiger partial charge on any atom is -0.464 e. The van der Waals surface area contributed by atoms with Crippen molar-refractivity contribution in [2.75, 3.05) is 25.6 Å². The van der Waals surface area contributed by atoms with Crippen molar-refractivity contribution >= 4 is 11.7 Å². The van der Waals surface area contributed by atoms with Crippen molar-refractivity contribution in [2.45, 2.75) is 13.5 Å². The van der Waals surface area contributed by atoms with E-state index in [9.17, 15) is 4.79 Å². The van der Waals surface area contributed by atoms with Gasteiger partial charge in [0.1, 0.15) is 11.5 Å². The SMILES string of the molecule is COCCN(Cc1ccc(C)o1)C(=O)Nc1ccc(C#N)cc1. The van der Waals surface area contributed by atoms with Gasteiger partial charge in [0.25, 0.3) is 0 Å². The Labute approximate surface area is 135 Å². The topological polar surface area (TPSA) is 78.5 Å². The van der Waals surface area contributed by atoms with Crippen LogP contribution in [0.1, 0.15) is 17.1 Å². The molecule has 0 spiro atoms. The van der Waals surface area contributed by atoms with Gasteiger partial charge in [0.15, 0.2) is 0 Å². The van der Waals surface area contributed by atoms with Gasteiger partial charge in [0.05, 0.1) is 24.8 Å². The summed E-state index contributed by atoms with van der Waals surface area (Å²) in [6.45, 7) is 3.10. The van der Waals surface area contributed by atoms with Crippen LogP contribution in [0.15, 0.2) is 40.8 Å². The molecule has 2 rings (SSSR count). The quantitative estimate of drug-likeness (QED) is 0.888. The Morgan fingerprint density at radius 2 is 2.04 bits per heavy atom. The molecule has 23 heavy (non-hydrogen) atoms. The number of methoxy groups -OCH3 is 1. The molecule has 6 nitrogen and oxygen atoms in total. The molecule has 0 saturated carbocycles. The van der Waals surface area contributed by atoms with Crippen LogP contribution in [-0.2, 0) is 11.3 Å². The average Bonchev–Trinajstić information content (AvgIpc) is 2.97. The van der Waals surface area contributed by atoms with Gasteiger partial charge in [-0.15, -0.1) is 0 Å². The molecule has 1 heterocycles. The van der Waals surface area contributed by atoms with Gasteiger partial charge >= 0.3 is 6.03 Å². The van der Waals surface area contributed by atoms with E-state index in [0.29, 0.717) is 36.7 Å². The molecule has 0 aliphatic carbocycles. The number of ether oxygens (including phenoxy) is 1. The lowest BCUT2D eigenvalue weighted by atomic mass is 10.2. The lowest BCUT2D eigenvalue weighted by molar-refractivity contribution is 0.149. The largest absolute Gasteiger partial charge is 0.464 e. The number of aryl methyl sites for hydroxylation is 1. The number of hydrogen-bond donors (Lipinski definition) is 1. The third-order valence-electron chi connectivity index (χ3n) is 3.26. The number of benzene rings is 1. The Bertz CT molecular complexity index is 686. The second-order valence-corrected chi connectivity index (χ2v) is 5.05. The van der Waals surface area contributed by atoms with Crippen LogP contribution in [0.3, 0.4) is 0 Å². The summed E-state index contributed by atoms with van der Waals surface area (Å²) < 4.78 is 10.6. The van der Waals surface area contributed by atoms with Crippen molar-refractivity contribution in [2.24, 2.45) is 0 Å². The van der Waals surface area contributed by atoms with Crippen molar-refractivity contribution in [3.05, 3.63) is 53.5 Å². The van der Waals surface area contributed by atoms with E-state index in [1.54, 1.807) is 36.3 Å². The molecule has 0 atom stereocenters. The van der Waals surface area contributed by atoms with Crippen LogP contribution in [0, 0.1) is 18.3 Å². The number of anilines is 1. The van der Waals surface area contributed by atoms with Gasteiger partial charge < -0.3 is 19.4 Å². The predicted molar refractivity (Wildman–Crippen MR) is 85.9 cm³/mol. The molecule has 0 bridgehead atoms. The van der Waals surface area contributed by atoms with Crippen molar-refractivity contribution in [3.63, 3.8) is 0 Å². The van der Waals surface area contributed by atoms with Crippen molar-refractivity contribution < 1.29 is 13.9 Å². The maximum Gasteiger partial charge on any atom is 0.322 e. The first-order chi connectivity index (χ1) is 11.1. The van der Waals surface area contributed by atoms with E-state index in [1.165, 1.54) is 0 Å². The van der Waals surface area contributed by atoms with Gasteiger partial charge in [0, 0.05) is 19.3 Å².